The number of aromatic nitrogens is 3. The summed E-state index contributed by atoms with van der Waals surface area (Å²) in [6.45, 7) is 3.31. The van der Waals surface area contributed by atoms with E-state index in [2.05, 4.69) is 20.7 Å². The van der Waals surface area contributed by atoms with Gasteiger partial charge in [-0.1, -0.05) is 0 Å². The third-order valence-electron chi connectivity index (χ3n) is 3.64. The number of anilines is 2. The number of hydrogen-bond acceptors (Lipinski definition) is 6. The number of hydrogen-bond donors (Lipinski definition) is 2. The van der Waals surface area contributed by atoms with E-state index in [0.29, 0.717) is 17.1 Å². The lowest BCUT2D eigenvalue weighted by atomic mass is 10.1. The van der Waals surface area contributed by atoms with E-state index in [1.54, 1.807) is 13.8 Å². The van der Waals surface area contributed by atoms with Gasteiger partial charge in [-0.05, 0) is 25.5 Å². The largest absolute Gasteiger partial charge is 0.324 e. The molecule has 0 bridgehead atoms. The standard InChI is InChI=1S/C14H14N6O4/c1-7-5-9(20(23)24)3-4-10(7)16-13(22)11-6-12(21)17-14-15-8(2)18-19(11)14/h3-5,11H,6H2,1-2H3,(H,16,22)(H,15,17,18,21)/t11-/m0/s1. The van der Waals surface area contributed by atoms with Gasteiger partial charge in [0.15, 0.2) is 0 Å². The van der Waals surface area contributed by atoms with Crippen LogP contribution < -0.4 is 10.6 Å². The first kappa shape index (κ1) is 15.6. The lowest BCUT2D eigenvalue weighted by molar-refractivity contribution is -0.384. The summed E-state index contributed by atoms with van der Waals surface area (Å²) in [5.74, 6) is -0.0933. The van der Waals surface area contributed by atoms with Gasteiger partial charge in [0.25, 0.3) is 5.69 Å². The molecule has 2 aromatic rings. The number of rotatable bonds is 3. The third kappa shape index (κ3) is 2.81. The second-order valence-corrected chi connectivity index (χ2v) is 5.44. The molecule has 0 radical (unpaired) electrons. The van der Waals surface area contributed by atoms with Crippen molar-refractivity contribution in [1.82, 2.24) is 14.8 Å². The third-order valence-corrected chi connectivity index (χ3v) is 3.64. The van der Waals surface area contributed by atoms with Crippen molar-refractivity contribution < 1.29 is 14.5 Å². The molecule has 1 aliphatic rings. The number of carbonyl (C=O) groups is 2. The molecule has 1 aromatic heterocycles. The molecule has 0 aliphatic carbocycles. The maximum Gasteiger partial charge on any atom is 0.269 e. The summed E-state index contributed by atoms with van der Waals surface area (Å²) in [4.78, 5) is 38.6. The summed E-state index contributed by atoms with van der Waals surface area (Å²) in [5, 5.41) is 20.1. The Morgan fingerprint density at radius 1 is 1.46 bits per heavy atom. The molecule has 0 spiro atoms. The minimum absolute atomic E-state index is 0.0586. The molecule has 2 amide bonds. The van der Waals surface area contributed by atoms with Crippen LogP contribution in [0.2, 0.25) is 0 Å². The van der Waals surface area contributed by atoms with Gasteiger partial charge < -0.3 is 5.32 Å². The van der Waals surface area contributed by atoms with Gasteiger partial charge >= 0.3 is 0 Å². The fourth-order valence-electron chi connectivity index (χ4n) is 2.49. The highest BCUT2D eigenvalue weighted by Crippen LogP contribution is 2.26. The number of non-ortho nitro benzene ring substituents is 1. The van der Waals surface area contributed by atoms with Gasteiger partial charge in [0.1, 0.15) is 11.9 Å². The fraction of sp³-hybridized carbons (Fsp3) is 0.286. The van der Waals surface area contributed by atoms with E-state index in [1.165, 1.54) is 22.9 Å². The second kappa shape index (κ2) is 5.72. The SMILES string of the molecule is Cc1nc2n(n1)[C@H](C(=O)Nc1ccc([N+](=O)[O-])cc1C)CC(=O)N2. The van der Waals surface area contributed by atoms with Crippen LogP contribution in [0.4, 0.5) is 17.3 Å². The summed E-state index contributed by atoms with van der Waals surface area (Å²) < 4.78 is 1.37. The monoisotopic (exact) mass is 330 g/mol. The van der Waals surface area contributed by atoms with Crippen LogP contribution in [0, 0.1) is 24.0 Å². The number of nitro benzene ring substituents is 1. The number of benzene rings is 1. The molecule has 0 saturated carbocycles. The van der Waals surface area contributed by atoms with Crippen LogP contribution in [0.5, 0.6) is 0 Å². The van der Waals surface area contributed by atoms with Gasteiger partial charge in [0.05, 0.1) is 11.3 Å². The van der Waals surface area contributed by atoms with Crippen LogP contribution in [-0.4, -0.2) is 31.5 Å². The summed E-state index contributed by atoms with van der Waals surface area (Å²) in [7, 11) is 0. The van der Waals surface area contributed by atoms with Crippen LogP contribution in [0.1, 0.15) is 23.9 Å². The van der Waals surface area contributed by atoms with Gasteiger partial charge in [0.2, 0.25) is 17.8 Å². The zero-order valence-electron chi connectivity index (χ0n) is 12.9. The average molecular weight is 330 g/mol. The van der Waals surface area contributed by atoms with E-state index in [-0.39, 0.29) is 24.0 Å². The Balaban J connectivity index is 1.85. The summed E-state index contributed by atoms with van der Waals surface area (Å²) >= 11 is 0. The molecular weight excluding hydrogens is 316 g/mol. The van der Waals surface area contributed by atoms with Gasteiger partial charge in [-0.15, -0.1) is 0 Å². The Morgan fingerprint density at radius 3 is 2.88 bits per heavy atom. The Morgan fingerprint density at radius 2 is 2.21 bits per heavy atom. The van der Waals surface area contributed by atoms with Crippen molar-refractivity contribution >= 4 is 29.1 Å². The molecule has 1 aliphatic heterocycles. The minimum Gasteiger partial charge on any atom is -0.324 e. The van der Waals surface area contributed by atoms with E-state index >= 15 is 0 Å². The zero-order valence-corrected chi connectivity index (χ0v) is 12.9. The lowest BCUT2D eigenvalue weighted by Crippen LogP contribution is -2.36. The van der Waals surface area contributed by atoms with Crippen LogP contribution in [0.15, 0.2) is 18.2 Å². The molecule has 0 saturated heterocycles. The molecule has 10 nitrogen and oxygen atoms in total. The second-order valence-electron chi connectivity index (χ2n) is 5.44. The number of nitrogens with zero attached hydrogens (tertiary/aromatic N) is 4. The zero-order chi connectivity index (χ0) is 17.4. The molecule has 124 valence electrons. The van der Waals surface area contributed by atoms with Crippen molar-refractivity contribution in [2.75, 3.05) is 10.6 Å². The lowest BCUT2D eigenvalue weighted by Gasteiger charge is -2.22. The van der Waals surface area contributed by atoms with Crippen LogP contribution in [0.3, 0.4) is 0 Å². The molecule has 2 heterocycles. The topological polar surface area (TPSA) is 132 Å². The first-order chi connectivity index (χ1) is 11.3. The molecule has 10 heteroatoms. The van der Waals surface area contributed by atoms with Crippen molar-refractivity contribution in [3.8, 4) is 0 Å². The van der Waals surface area contributed by atoms with E-state index in [1.807, 2.05) is 0 Å². The Kier molecular flexibility index (Phi) is 3.72. The van der Waals surface area contributed by atoms with Crippen molar-refractivity contribution in [1.29, 1.82) is 0 Å². The molecule has 1 atom stereocenters. The van der Waals surface area contributed by atoms with Gasteiger partial charge in [0, 0.05) is 17.8 Å². The maximum atomic E-state index is 12.5. The summed E-state index contributed by atoms with van der Waals surface area (Å²) in [5.41, 5.74) is 0.930. The number of amides is 2. The number of nitro groups is 1. The van der Waals surface area contributed by atoms with Crippen molar-refractivity contribution in [2.45, 2.75) is 26.3 Å². The number of nitrogens with one attached hydrogen (secondary N) is 2. The molecule has 2 N–H and O–H groups in total. The quantitative estimate of drug-likeness (QED) is 0.644. The minimum atomic E-state index is -0.829. The summed E-state index contributed by atoms with van der Waals surface area (Å²) in [6, 6.07) is 3.31. The Bertz CT molecular complexity index is 859. The van der Waals surface area contributed by atoms with Gasteiger partial charge in [-0.25, -0.2) is 4.68 Å². The van der Waals surface area contributed by atoms with Crippen LogP contribution >= 0.6 is 0 Å². The smallest absolute Gasteiger partial charge is 0.269 e. The first-order valence-corrected chi connectivity index (χ1v) is 7.14. The highest BCUT2D eigenvalue weighted by Gasteiger charge is 2.32. The Labute approximate surface area is 136 Å². The molecule has 0 fully saturated rings. The molecule has 3 rings (SSSR count). The average Bonchev–Trinajstić information content (AvgIpc) is 2.88. The predicted octanol–water partition coefficient (Wildman–Crippen LogP) is 1.33. The molecule has 24 heavy (non-hydrogen) atoms. The predicted molar refractivity (Wildman–Crippen MR) is 83.5 cm³/mol. The molecular formula is C14H14N6O4. The molecule has 1 aromatic carbocycles. The van der Waals surface area contributed by atoms with Gasteiger partial charge in [-0.2, -0.15) is 10.1 Å². The van der Waals surface area contributed by atoms with Crippen molar-refractivity contribution in [3.05, 3.63) is 39.7 Å². The Hall–Kier alpha value is -3.30. The number of aryl methyl sites for hydroxylation is 2. The van der Waals surface area contributed by atoms with Gasteiger partial charge in [-0.3, -0.25) is 25.0 Å². The normalized spacial score (nSPS) is 16.2. The fourth-order valence-corrected chi connectivity index (χ4v) is 2.49. The van der Waals surface area contributed by atoms with E-state index in [0.717, 1.165) is 0 Å². The molecule has 0 unspecified atom stereocenters. The highest BCUT2D eigenvalue weighted by molar-refractivity contribution is 6.01. The highest BCUT2D eigenvalue weighted by atomic mass is 16.6. The van der Waals surface area contributed by atoms with E-state index in [4.69, 9.17) is 0 Å². The van der Waals surface area contributed by atoms with Crippen molar-refractivity contribution in [2.24, 2.45) is 0 Å². The first-order valence-electron chi connectivity index (χ1n) is 7.14. The van der Waals surface area contributed by atoms with E-state index in [9.17, 15) is 19.7 Å². The van der Waals surface area contributed by atoms with Crippen LogP contribution in [0.25, 0.3) is 0 Å². The van der Waals surface area contributed by atoms with Crippen molar-refractivity contribution in [3.63, 3.8) is 0 Å². The maximum absolute atomic E-state index is 12.5. The number of fused-ring (bicyclic) bond motifs is 1. The van der Waals surface area contributed by atoms with Crippen LogP contribution in [-0.2, 0) is 9.59 Å². The summed E-state index contributed by atoms with van der Waals surface area (Å²) in [6.07, 6.45) is -0.0618. The van der Waals surface area contributed by atoms with E-state index < -0.39 is 16.9 Å². The number of carbonyl (C=O) groups excluding carboxylic acids is 2.